The van der Waals surface area contributed by atoms with Crippen LogP contribution < -0.4 is 10.5 Å². The summed E-state index contributed by atoms with van der Waals surface area (Å²) in [7, 11) is 0. The van der Waals surface area contributed by atoms with Gasteiger partial charge in [-0.1, -0.05) is 12.2 Å². The van der Waals surface area contributed by atoms with E-state index < -0.39 is 12.8 Å². The number of pyridine rings is 1. The van der Waals surface area contributed by atoms with Crippen LogP contribution in [0.25, 0.3) is 0 Å². The molecule has 1 aromatic heterocycles. The van der Waals surface area contributed by atoms with Crippen LogP contribution in [0, 0.1) is 0 Å². The van der Waals surface area contributed by atoms with Crippen LogP contribution in [0.15, 0.2) is 18.5 Å². The van der Waals surface area contributed by atoms with Gasteiger partial charge in [0.1, 0.15) is 10.7 Å². The molecule has 0 spiro atoms. The first-order valence-corrected chi connectivity index (χ1v) is 4.24. The van der Waals surface area contributed by atoms with Gasteiger partial charge in [-0.3, -0.25) is 4.98 Å². The molecule has 0 saturated heterocycles. The molecule has 7 heteroatoms. The minimum atomic E-state index is -4.40. The highest BCUT2D eigenvalue weighted by molar-refractivity contribution is 7.80. The van der Waals surface area contributed by atoms with E-state index in [-0.39, 0.29) is 16.3 Å². The quantitative estimate of drug-likeness (QED) is 0.811. The lowest BCUT2D eigenvalue weighted by Crippen LogP contribution is -2.21. The Labute approximate surface area is 89.1 Å². The van der Waals surface area contributed by atoms with Crippen molar-refractivity contribution in [3.63, 3.8) is 0 Å². The third-order valence-electron chi connectivity index (χ3n) is 1.44. The molecule has 0 aromatic carbocycles. The summed E-state index contributed by atoms with van der Waals surface area (Å²) in [6.07, 6.45) is -1.89. The monoisotopic (exact) mass is 236 g/mol. The molecule has 0 amide bonds. The number of hydrogen-bond acceptors (Lipinski definition) is 3. The summed E-state index contributed by atoms with van der Waals surface area (Å²) in [5, 5.41) is 0. The van der Waals surface area contributed by atoms with Crippen molar-refractivity contribution in [2.75, 3.05) is 6.61 Å². The molecule has 1 rings (SSSR count). The third kappa shape index (κ3) is 3.70. The Kier molecular flexibility index (Phi) is 3.46. The summed E-state index contributed by atoms with van der Waals surface area (Å²) in [6, 6.07) is 1.40. The number of rotatable bonds is 3. The molecule has 0 radical (unpaired) electrons. The smallest absolute Gasteiger partial charge is 0.422 e. The zero-order valence-corrected chi connectivity index (χ0v) is 8.23. The Hall–Kier alpha value is -1.37. The second-order valence-electron chi connectivity index (χ2n) is 2.64. The highest BCUT2D eigenvalue weighted by Gasteiger charge is 2.28. The minimum absolute atomic E-state index is 0.0328. The van der Waals surface area contributed by atoms with Crippen molar-refractivity contribution in [3.8, 4) is 5.75 Å². The van der Waals surface area contributed by atoms with E-state index >= 15 is 0 Å². The number of hydrogen-bond donors (Lipinski definition) is 1. The molecular weight excluding hydrogens is 229 g/mol. The molecule has 2 N–H and O–H groups in total. The molecule has 0 aliphatic carbocycles. The summed E-state index contributed by atoms with van der Waals surface area (Å²) >= 11 is 4.65. The predicted octanol–water partition coefficient (Wildman–Crippen LogP) is 1.66. The Morgan fingerprint density at radius 1 is 1.53 bits per heavy atom. The maximum Gasteiger partial charge on any atom is 0.422 e. The molecule has 0 bridgehead atoms. The molecule has 0 unspecified atom stereocenters. The number of thiocarbonyl (C=S) groups is 1. The van der Waals surface area contributed by atoms with Crippen LogP contribution in [-0.4, -0.2) is 22.8 Å². The minimum Gasteiger partial charge on any atom is -0.482 e. The number of nitrogens with zero attached hydrogens (tertiary/aromatic N) is 1. The predicted molar refractivity (Wildman–Crippen MR) is 51.7 cm³/mol. The average Bonchev–Trinajstić information content (AvgIpc) is 2.14. The van der Waals surface area contributed by atoms with Gasteiger partial charge in [0.05, 0.1) is 11.8 Å². The van der Waals surface area contributed by atoms with E-state index in [0.717, 1.165) is 6.20 Å². The number of halogens is 3. The topological polar surface area (TPSA) is 48.1 Å². The lowest BCUT2D eigenvalue weighted by molar-refractivity contribution is -0.153. The van der Waals surface area contributed by atoms with Gasteiger partial charge < -0.3 is 10.5 Å². The fourth-order valence-electron chi connectivity index (χ4n) is 0.858. The third-order valence-corrected chi connectivity index (χ3v) is 1.66. The number of alkyl halides is 3. The van der Waals surface area contributed by atoms with Crippen LogP contribution in [-0.2, 0) is 0 Å². The van der Waals surface area contributed by atoms with Crippen molar-refractivity contribution in [1.29, 1.82) is 0 Å². The highest BCUT2D eigenvalue weighted by Crippen LogP contribution is 2.20. The Balaban J connectivity index is 2.81. The molecule has 1 heterocycles. The normalized spacial score (nSPS) is 11.1. The van der Waals surface area contributed by atoms with Crippen molar-refractivity contribution in [2.45, 2.75) is 6.18 Å². The van der Waals surface area contributed by atoms with Gasteiger partial charge in [0, 0.05) is 6.20 Å². The fraction of sp³-hybridized carbons (Fsp3) is 0.250. The van der Waals surface area contributed by atoms with E-state index in [1.807, 2.05) is 0 Å². The lowest BCUT2D eigenvalue weighted by Gasteiger charge is -2.11. The van der Waals surface area contributed by atoms with Gasteiger partial charge >= 0.3 is 6.18 Å². The Morgan fingerprint density at radius 3 is 2.73 bits per heavy atom. The zero-order valence-electron chi connectivity index (χ0n) is 7.41. The first-order valence-electron chi connectivity index (χ1n) is 3.83. The summed E-state index contributed by atoms with van der Waals surface area (Å²) < 4.78 is 40.1. The van der Waals surface area contributed by atoms with Gasteiger partial charge in [0.15, 0.2) is 6.61 Å². The maximum absolute atomic E-state index is 11.9. The Bertz CT molecular complexity index is 367. The largest absolute Gasteiger partial charge is 0.482 e. The highest BCUT2D eigenvalue weighted by atomic mass is 32.1. The molecule has 1 aromatic rings. The molecule has 15 heavy (non-hydrogen) atoms. The van der Waals surface area contributed by atoms with Crippen LogP contribution >= 0.6 is 12.2 Å². The van der Waals surface area contributed by atoms with E-state index in [1.165, 1.54) is 12.3 Å². The fourth-order valence-corrected chi connectivity index (χ4v) is 1.03. The summed E-state index contributed by atoms with van der Waals surface area (Å²) in [5.74, 6) is -0.0673. The summed E-state index contributed by atoms with van der Waals surface area (Å²) in [6.45, 7) is -1.39. The van der Waals surface area contributed by atoms with Crippen molar-refractivity contribution < 1.29 is 17.9 Å². The van der Waals surface area contributed by atoms with E-state index in [1.54, 1.807) is 0 Å². The first-order chi connectivity index (χ1) is 6.90. The first kappa shape index (κ1) is 11.7. The summed E-state index contributed by atoms with van der Waals surface area (Å²) in [5.41, 5.74) is 5.54. The Morgan fingerprint density at radius 2 is 2.20 bits per heavy atom. The second-order valence-corrected chi connectivity index (χ2v) is 3.08. The SMILES string of the molecule is NC(=S)c1ccncc1OCC(F)(F)F. The van der Waals surface area contributed by atoms with Crippen molar-refractivity contribution >= 4 is 17.2 Å². The molecule has 0 saturated carbocycles. The average molecular weight is 236 g/mol. The lowest BCUT2D eigenvalue weighted by atomic mass is 10.2. The van der Waals surface area contributed by atoms with E-state index in [2.05, 4.69) is 21.9 Å². The second kappa shape index (κ2) is 4.43. The molecule has 0 aliphatic heterocycles. The van der Waals surface area contributed by atoms with Crippen LogP contribution in [0.1, 0.15) is 5.56 Å². The molecular formula is C8H7F3N2OS. The number of nitrogens with two attached hydrogens (primary N) is 1. The number of ether oxygens (including phenoxy) is 1. The van der Waals surface area contributed by atoms with Crippen molar-refractivity contribution in [3.05, 3.63) is 24.0 Å². The van der Waals surface area contributed by atoms with E-state index in [4.69, 9.17) is 5.73 Å². The van der Waals surface area contributed by atoms with Crippen LogP contribution in [0.4, 0.5) is 13.2 Å². The van der Waals surface area contributed by atoms with Gasteiger partial charge in [0.25, 0.3) is 0 Å². The van der Waals surface area contributed by atoms with Gasteiger partial charge in [-0.15, -0.1) is 0 Å². The van der Waals surface area contributed by atoms with Crippen molar-refractivity contribution in [1.82, 2.24) is 4.98 Å². The molecule has 3 nitrogen and oxygen atoms in total. The molecule has 0 aliphatic rings. The van der Waals surface area contributed by atoms with Crippen molar-refractivity contribution in [2.24, 2.45) is 5.73 Å². The van der Waals surface area contributed by atoms with Gasteiger partial charge in [-0.25, -0.2) is 0 Å². The molecule has 0 atom stereocenters. The van der Waals surface area contributed by atoms with Gasteiger partial charge in [0.2, 0.25) is 0 Å². The van der Waals surface area contributed by atoms with Gasteiger partial charge in [-0.2, -0.15) is 13.2 Å². The summed E-state index contributed by atoms with van der Waals surface area (Å²) in [4.78, 5) is 3.59. The maximum atomic E-state index is 11.9. The van der Waals surface area contributed by atoms with Crippen LogP contribution in [0.5, 0.6) is 5.75 Å². The molecule has 0 fully saturated rings. The van der Waals surface area contributed by atoms with E-state index in [0.29, 0.717) is 0 Å². The zero-order chi connectivity index (χ0) is 11.5. The van der Waals surface area contributed by atoms with Crippen LogP contribution in [0.3, 0.4) is 0 Å². The molecule has 82 valence electrons. The van der Waals surface area contributed by atoms with E-state index in [9.17, 15) is 13.2 Å². The number of aromatic nitrogens is 1. The standard InChI is InChI=1S/C8H7F3N2OS/c9-8(10,11)4-14-6-3-13-2-1-5(6)7(12)15/h1-3H,4H2,(H2,12,15). The van der Waals surface area contributed by atoms with Gasteiger partial charge in [-0.05, 0) is 6.07 Å². The van der Waals surface area contributed by atoms with Crippen LogP contribution in [0.2, 0.25) is 0 Å².